The Morgan fingerprint density at radius 2 is 2.30 bits per heavy atom. The van der Waals surface area contributed by atoms with Crippen molar-refractivity contribution in [2.24, 2.45) is 12.0 Å². The van der Waals surface area contributed by atoms with Gasteiger partial charge in [-0.25, -0.2) is 9.97 Å². The van der Waals surface area contributed by atoms with Crippen molar-refractivity contribution < 1.29 is 0 Å². The minimum Gasteiger partial charge on any atom is -0.356 e. The second-order valence-electron chi connectivity index (χ2n) is 4.26. The van der Waals surface area contributed by atoms with E-state index in [2.05, 4.69) is 36.1 Å². The van der Waals surface area contributed by atoms with E-state index in [4.69, 9.17) is 0 Å². The van der Waals surface area contributed by atoms with Crippen LogP contribution in [0.5, 0.6) is 0 Å². The van der Waals surface area contributed by atoms with Gasteiger partial charge in [0.15, 0.2) is 5.96 Å². The number of aromatic nitrogens is 4. The van der Waals surface area contributed by atoms with E-state index in [9.17, 15) is 0 Å². The zero-order valence-corrected chi connectivity index (χ0v) is 12.7. The maximum Gasteiger partial charge on any atom is 0.191 e. The van der Waals surface area contributed by atoms with Crippen LogP contribution in [-0.2, 0) is 20.0 Å². The Morgan fingerprint density at radius 1 is 1.45 bits per heavy atom. The van der Waals surface area contributed by atoms with Crippen LogP contribution in [0.15, 0.2) is 16.7 Å². The molecule has 0 aliphatic rings. The molecule has 0 spiro atoms. The molecule has 8 heteroatoms. The van der Waals surface area contributed by atoms with Crippen molar-refractivity contribution in [2.45, 2.75) is 19.9 Å². The second kappa shape index (κ2) is 6.99. The molecule has 2 rings (SSSR count). The van der Waals surface area contributed by atoms with Gasteiger partial charge in [-0.15, -0.1) is 11.3 Å². The molecule has 20 heavy (non-hydrogen) atoms. The van der Waals surface area contributed by atoms with Crippen molar-refractivity contribution in [1.82, 2.24) is 30.4 Å². The number of aryl methyl sites for hydroxylation is 2. The maximum atomic E-state index is 4.43. The van der Waals surface area contributed by atoms with Crippen LogP contribution in [0.2, 0.25) is 0 Å². The number of nitrogens with one attached hydrogen (secondary N) is 2. The molecule has 2 aromatic heterocycles. The minimum atomic E-state index is 0.589. The highest BCUT2D eigenvalue weighted by Crippen LogP contribution is 2.07. The SMILES string of the molecule is CN=C(NCCc1csc(C)n1)NCc1ncnn1C. The van der Waals surface area contributed by atoms with Gasteiger partial charge in [0.25, 0.3) is 0 Å². The number of nitrogens with zero attached hydrogens (tertiary/aromatic N) is 5. The molecule has 0 aliphatic carbocycles. The lowest BCUT2D eigenvalue weighted by atomic mass is 10.3. The van der Waals surface area contributed by atoms with Crippen LogP contribution in [-0.4, -0.2) is 39.3 Å². The molecule has 0 atom stereocenters. The summed E-state index contributed by atoms with van der Waals surface area (Å²) in [6.45, 7) is 3.40. The van der Waals surface area contributed by atoms with Crippen LogP contribution in [0, 0.1) is 6.92 Å². The molecule has 0 saturated carbocycles. The van der Waals surface area contributed by atoms with E-state index in [1.165, 1.54) is 6.33 Å². The minimum absolute atomic E-state index is 0.589. The fourth-order valence-electron chi connectivity index (χ4n) is 1.70. The molecule has 0 aliphatic heterocycles. The highest BCUT2D eigenvalue weighted by atomic mass is 32.1. The lowest BCUT2D eigenvalue weighted by molar-refractivity contribution is 0.672. The van der Waals surface area contributed by atoms with Crippen molar-refractivity contribution in [3.05, 3.63) is 28.2 Å². The Balaban J connectivity index is 1.74. The van der Waals surface area contributed by atoms with Crippen LogP contribution >= 0.6 is 11.3 Å². The fraction of sp³-hybridized carbons (Fsp3) is 0.500. The zero-order chi connectivity index (χ0) is 14.4. The van der Waals surface area contributed by atoms with Gasteiger partial charge in [0.05, 0.1) is 17.2 Å². The average Bonchev–Trinajstić information content (AvgIpc) is 3.03. The number of rotatable bonds is 5. The molecule has 2 heterocycles. The van der Waals surface area contributed by atoms with Crippen LogP contribution in [0.3, 0.4) is 0 Å². The molecule has 0 fully saturated rings. The van der Waals surface area contributed by atoms with Crippen LogP contribution in [0.25, 0.3) is 0 Å². The Bertz CT molecular complexity index is 572. The molecular weight excluding hydrogens is 274 g/mol. The fourth-order valence-corrected chi connectivity index (χ4v) is 2.34. The van der Waals surface area contributed by atoms with Crippen molar-refractivity contribution in [3.63, 3.8) is 0 Å². The van der Waals surface area contributed by atoms with E-state index < -0.39 is 0 Å². The van der Waals surface area contributed by atoms with E-state index in [0.717, 1.165) is 35.5 Å². The first-order chi connectivity index (χ1) is 9.69. The van der Waals surface area contributed by atoms with Gasteiger partial charge in [0.1, 0.15) is 12.2 Å². The molecule has 0 radical (unpaired) electrons. The van der Waals surface area contributed by atoms with Crippen LogP contribution in [0.1, 0.15) is 16.5 Å². The van der Waals surface area contributed by atoms with E-state index >= 15 is 0 Å². The number of thiazole rings is 1. The Hall–Kier alpha value is -1.96. The Kier molecular flexibility index (Phi) is 5.05. The number of hydrogen-bond donors (Lipinski definition) is 2. The molecule has 2 aromatic rings. The third-order valence-electron chi connectivity index (χ3n) is 2.78. The van der Waals surface area contributed by atoms with Gasteiger partial charge in [0, 0.05) is 32.4 Å². The Labute approximate surface area is 122 Å². The van der Waals surface area contributed by atoms with Gasteiger partial charge < -0.3 is 10.6 Å². The van der Waals surface area contributed by atoms with Crippen molar-refractivity contribution in [3.8, 4) is 0 Å². The molecule has 108 valence electrons. The smallest absolute Gasteiger partial charge is 0.191 e. The molecule has 0 bridgehead atoms. The van der Waals surface area contributed by atoms with Gasteiger partial charge in [0.2, 0.25) is 0 Å². The van der Waals surface area contributed by atoms with Gasteiger partial charge in [-0.1, -0.05) is 0 Å². The standard InChI is InChI=1S/C12H19N7S/c1-9-18-10(7-20-9)4-5-14-12(13-2)15-6-11-16-8-17-19(11)3/h7-8H,4-6H2,1-3H3,(H2,13,14,15). The lowest BCUT2D eigenvalue weighted by Gasteiger charge is -2.10. The van der Waals surface area contributed by atoms with Gasteiger partial charge in [-0.3, -0.25) is 9.67 Å². The van der Waals surface area contributed by atoms with Crippen molar-refractivity contribution in [2.75, 3.05) is 13.6 Å². The van der Waals surface area contributed by atoms with Gasteiger partial charge >= 0.3 is 0 Å². The normalized spacial score (nSPS) is 11.7. The van der Waals surface area contributed by atoms with Gasteiger partial charge in [-0.05, 0) is 6.92 Å². The molecule has 0 amide bonds. The summed E-state index contributed by atoms with van der Waals surface area (Å²) in [4.78, 5) is 12.8. The number of aliphatic imine (C=N–C) groups is 1. The maximum absolute atomic E-state index is 4.43. The summed E-state index contributed by atoms with van der Waals surface area (Å²) < 4.78 is 1.73. The second-order valence-corrected chi connectivity index (χ2v) is 5.32. The molecule has 0 aromatic carbocycles. The summed E-state index contributed by atoms with van der Waals surface area (Å²) in [6.07, 6.45) is 2.42. The number of hydrogen-bond acceptors (Lipinski definition) is 5. The first-order valence-electron chi connectivity index (χ1n) is 6.37. The predicted molar refractivity (Wildman–Crippen MR) is 79.8 cm³/mol. The van der Waals surface area contributed by atoms with Gasteiger partial charge in [-0.2, -0.15) is 5.10 Å². The molecular formula is C12H19N7S. The highest BCUT2D eigenvalue weighted by Gasteiger charge is 2.03. The van der Waals surface area contributed by atoms with E-state index in [0.29, 0.717) is 6.54 Å². The predicted octanol–water partition coefficient (Wildman–Crippen LogP) is 0.488. The molecule has 0 unspecified atom stereocenters. The summed E-state index contributed by atoms with van der Waals surface area (Å²) in [5, 5.41) is 13.7. The first kappa shape index (κ1) is 14.4. The molecule has 7 nitrogen and oxygen atoms in total. The van der Waals surface area contributed by atoms with Crippen LogP contribution in [0.4, 0.5) is 0 Å². The number of guanidine groups is 1. The summed E-state index contributed by atoms with van der Waals surface area (Å²) in [7, 11) is 3.61. The lowest BCUT2D eigenvalue weighted by Crippen LogP contribution is -2.38. The topological polar surface area (TPSA) is 80.0 Å². The summed E-state index contributed by atoms with van der Waals surface area (Å²) in [5.74, 6) is 1.61. The largest absolute Gasteiger partial charge is 0.356 e. The highest BCUT2D eigenvalue weighted by molar-refractivity contribution is 7.09. The van der Waals surface area contributed by atoms with Crippen molar-refractivity contribution >= 4 is 17.3 Å². The summed E-state index contributed by atoms with van der Waals surface area (Å²) in [6, 6.07) is 0. The summed E-state index contributed by atoms with van der Waals surface area (Å²) in [5.41, 5.74) is 1.11. The Morgan fingerprint density at radius 3 is 2.90 bits per heavy atom. The van der Waals surface area contributed by atoms with Crippen LogP contribution < -0.4 is 10.6 Å². The monoisotopic (exact) mass is 293 g/mol. The third kappa shape index (κ3) is 4.02. The summed E-state index contributed by atoms with van der Waals surface area (Å²) >= 11 is 1.68. The molecule has 2 N–H and O–H groups in total. The van der Waals surface area contributed by atoms with E-state index in [-0.39, 0.29) is 0 Å². The van der Waals surface area contributed by atoms with E-state index in [1.54, 1.807) is 23.1 Å². The molecule has 0 saturated heterocycles. The zero-order valence-electron chi connectivity index (χ0n) is 11.9. The quantitative estimate of drug-likeness (QED) is 0.619. The first-order valence-corrected chi connectivity index (χ1v) is 7.25. The average molecular weight is 293 g/mol. The third-order valence-corrected chi connectivity index (χ3v) is 3.61. The van der Waals surface area contributed by atoms with Crippen molar-refractivity contribution in [1.29, 1.82) is 0 Å². The van der Waals surface area contributed by atoms with E-state index in [1.807, 2.05) is 14.0 Å².